The van der Waals surface area contributed by atoms with Crippen molar-refractivity contribution in [2.75, 3.05) is 13.6 Å². The Morgan fingerprint density at radius 1 is 1.06 bits per heavy atom. The van der Waals surface area contributed by atoms with Gasteiger partial charge in [-0.1, -0.05) is 70.2 Å². The molecule has 0 bridgehead atoms. The lowest BCUT2D eigenvalue weighted by atomic mass is 9.84. The Balaban J connectivity index is 1.63. The SMILES string of the molecule is CN/C(CCN)=c1/c(=C/C2=CC=C(c3cc(C(C)C)c(C)c(C(C)C)c3)C3CC23)sc2ccccc12. The van der Waals surface area contributed by atoms with Gasteiger partial charge < -0.3 is 11.1 Å². The fourth-order valence-electron chi connectivity index (χ4n) is 6.08. The monoisotopic (exact) mass is 496 g/mol. The molecule has 0 radical (unpaired) electrons. The third kappa shape index (κ3) is 4.48. The third-order valence-electron chi connectivity index (χ3n) is 8.06. The zero-order valence-corrected chi connectivity index (χ0v) is 23.4. The van der Waals surface area contributed by atoms with Gasteiger partial charge in [0, 0.05) is 39.0 Å². The molecule has 0 aliphatic heterocycles. The van der Waals surface area contributed by atoms with Crippen molar-refractivity contribution >= 4 is 38.8 Å². The van der Waals surface area contributed by atoms with E-state index in [1.165, 1.54) is 65.4 Å². The van der Waals surface area contributed by atoms with E-state index in [0.717, 1.165) is 6.42 Å². The maximum absolute atomic E-state index is 5.97. The normalized spacial score (nSPS) is 20.5. The van der Waals surface area contributed by atoms with E-state index in [4.69, 9.17) is 5.73 Å². The van der Waals surface area contributed by atoms with Crippen LogP contribution in [0.5, 0.6) is 0 Å². The van der Waals surface area contributed by atoms with Gasteiger partial charge >= 0.3 is 0 Å². The predicted molar refractivity (Wildman–Crippen MR) is 159 cm³/mol. The van der Waals surface area contributed by atoms with Gasteiger partial charge in [0.05, 0.1) is 0 Å². The number of hydrogen-bond acceptors (Lipinski definition) is 3. The summed E-state index contributed by atoms with van der Waals surface area (Å²) >= 11 is 1.90. The molecule has 0 saturated heterocycles. The van der Waals surface area contributed by atoms with Crippen molar-refractivity contribution in [2.24, 2.45) is 17.6 Å². The second-order valence-electron chi connectivity index (χ2n) is 11.1. The molecule has 0 amide bonds. The maximum Gasteiger partial charge on any atom is 0.0375 e. The highest BCUT2D eigenvalue weighted by atomic mass is 32.1. The highest BCUT2D eigenvalue weighted by Crippen LogP contribution is 2.55. The molecule has 3 N–H and O–H groups in total. The third-order valence-corrected chi connectivity index (χ3v) is 9.17. The van der Waals surface area contributed by atoms with Crippen LogP contribution in [-0.2, 0) is 0 Å². The quantitative estimate of drug-likeness (QED) is 0.388. The number of fused-ring (bicyclic) bond motifs is 2. The van der Waals surface area contributed by atoms with Gasteiger partial charge in [0.15, 0.2) is 0 Å². The summed E-state index contributed by atoms with van der Waals surface area (Å²) in [5, 5.41) is 6.11. The van der Waals surface area contributed by atoms with Gasteiger partial charge in [-0.2, -0.15) is 0 Å². The van der Waals surface area contributed by atoms with Crippen LogP contribution in [0.15, 0.2) is 54.1 Å². The minimum absolute atomic E-state index is 0.540. The Labute approximate surface area is 220 Å². The van der Waals surface area contributed by atoms with Gasteiger partial charge in [-0.05, 0) is 89.1 Å². The molecule has 2 nitrogen and oxygen atoms in total. The second kappa shape index (κ2) is 10.0. The van der Waals surface area contributed by atoms with Crippen molar-refractivity contribution < 1.29 is 0 Å². The molecule has 0 spiro atoms. The van der Waals surface area contributed by atoms with E-state index in [1.54, 1.807) is 0 Å². The molecule has 2 aromatic carbocycles. The number of rotatable bonds is 7. The van der Waals surface area contributed by atoms with Crippen LogP contribution in [0.1, 0.15) is 74.6 Å². The topological polar surface area (TPSA) is 38.0 Å². The van der Waals surface area contributed by atoms with Crippen LogP contribution in [0.25, 0.3) is 27.4 Å². The predicted octanol–water partition coefficient (Wildman–Crippen LogP) is 6.57. The summed E-state index contributed by atoms with van der Waals surface area (Å²) in [6.45, 7) is 12.2. The van der Waals surface area contributed by atoms with Gasteiger partial charge in [0.2, 0.25) is 0 Å². The Morgan fingerprint density at radius 2 is 1.75 bits per heavy atom. The summed E-state index contributed by atoms with van der Waals surface area (Å²) in [6, 6.07) is 13.7. The van der Waals surface area contributed by atoms with E-state index in [-0.39, 0.29) is 0 Å². The Kier molecular flexibility index (Phi) is 6.98. The molecule has 188 valence electrons. The smallest absolute Gasteiger partial charge is 0.0375 e. The molecule has 3 aromatic rings. The molecule has 2 atom stereocenters. The highest BCUT2D eigenvalue weighted by Gasteiger charge is 2.43. The molecule has 2 aliphatic rings. The van der Waals surface area contributed by atoms with Gasteiger partial charge in [-0.3, -0.25) is 0 Å². The number of nitrogens with two attached hydrogens (primary N) is 1. The first-order valence-corrected chi connectivity index (χ1v) is 14.3. The van der Waals surface area contributed by atoms with Crippen LogP contribution in [0.2, 0.25) is 0 Å². The average Bonchev–Trinajstić information content (AvgIpc) is 3.58. The lowest BCUT2D eigenvalue weighted by Crippen LogP contribution is -2.29. The summed E-state index contributed by atoms with van der Waals surface area (Å²) in [7, 11) is 2.02. The van der Waals surface area contributed by atoms with Crippen molar-refractivity contribution in [1.82, 2.24) is 5.32 Å². The zero-order valence-electron chi connectivity index (χ0n) is 22.6. The van der Waals surface area contributed by atoms with Crippen LogP contribution in [-0.4, -0.2) is 13.6 Å². The van der Waals surface area contributed by atoms with E-state index < -0.39 is 0 Å². The van der Waals surface area contributed by atoms with Crippen molar-refractivity contribution in [2.45, 2.75) is 59.3 Å². The van der Waals surface area contributed by atoms with Crippen LogP contribution in [0, 0.1) is 18.8 Å². The van der Waals surface area contributed by atoms with E-state index in [2.05, 4.69) is 94.6 Å². The standard InChI is InChI=1S/C33H40N2S/c1-19(2)26-15-23(16-27(20(3)4)21(26)5)24-12-11-22(28-18-29(24)28)17-32-33(30(35-6)13-14-34)25-9-7-8-10-31(25)36-32/h7-12,15-17,19-20,28-29,35H,13-14,18,34H2,1-6H3/b32-17-,33-30+. The van der Waals surface area contributed by atoms with Crippen LogP contribution in [0.3, 0.4) is 0 Å². The Morgan fingerprint density at radius 3 is 2.39 bits per heavy atom. The molecule has 2 unspecified atom stereocenters. The molecule has 2 aliphatic carbocycles. The first-order valence-electron chi connectivity index (χ1n) is 13.5. The van der Waals surface area contributed by atoms with Crippen molar-refractivity contribution in [3.05, 3.63) is 86.1 Å². The summed E-state index contributed by atoms with van der Waals surface area (Å²) in [6.07, 6.45) is 9.37. The maximum atomic E-state index is 5.97. The van der Waals surface area contributed by atoms with Crippen molar-refractivity contribution in [1.29, 1.82) is 0 Å². The van der Waals surface area contributed by atoms with Crippen LogP contribution < -0.4 is 20.8 Å². The molecule has 1 fully saturated rings. The molecule has 1 saturated carbocycles. The second-order valence-corrected chi connectivity index (χ2v) is 12.2. The van der Waals surface area contributed by atoms with E-state index in [9.17, 15) is 0 Å². The molecule has 1 heterocycles. The van der Waals surface area contributed by atoms with Crippen molar-refractivity contribution in [3.63, 3.8) is 0 Å². The number of allylic oxidation sites excluding steroid dienone is 4. The summed E-state index contributed by atoms with van der Waals surface area (Å²) in [4.78, 5) is 0. The number of nitrogens with one attached hydrogen (secondary N) is 1. The molecule has 3 heteroatoms. The fourth-order valence-corrected chi connectivity index (χ4v) is 7.27. The lowest BCUT2D eigenvalue weighted by molar-refractivity contribution is 0.815. The summed E-state index contributed by atoms with van der Waals surface area (Å²) in [5.41, 5.74) is 16.1. The molecular weight excluding hydrogens is 456 g/mol. The van der Waals surface area contributed by atoms with E-state index in [0.29, 0.717) is 30.2 Å². The lowest BCUT2D eigenvalue weighted by Gasteiger charge is -2.21. The van der Waals surface area contributed by atoms with Gasteiger partial charge in [-0.15, -0.1) is 11.3 Å². The minimum Gasteiger partial charge on any atom is -0.391 e. The highest BCUT2D eigenvalue weighted by molar-refractivity contribution is 7.17. The zero-order chi connectivity index (χ0) is 25.6. The van der Waals surface area contributed by atoms with E-state index in [1.807, 2.05) is 18.4 Å². The number of hydrogen-bond donors (Lipinski definition) is 2. The molecule has 5 rings (SSSR count). The Hall–Kier alpha value is -2.62. The van der Waals surface area contributed by atoms with Crippen LogP contribution in [0.4, 0.5) is 0 Å². The molecule has 1 aromatic heterocycles. The first kappa shape index (κ1) is 25.0. The molecular formula is C33H40N2S. The van der Waals surface area contributed by atoms with Gasteiger partial charge in [0.25, 0.3) is 0 Å². The molecule has 36 heavy (non-hydrogen) atoms. The largest absolute Gasteiger partial charge is 0.391 e. The van der Waals surface area contributed by atoms with Crippen LogP contribution >= 0.6 is 11.3 Å². The van der Waals surface area contributed by atoms with Crippen molar-refractivity contribution in [3.8, 4) is 0 Å². The number of benzene rings is 2. The van der Waals surface area contributed by atoms with Gasteiger partial charge in [0.1, 0.15) is 0 Å². The first-order chi connectivity index (χ1) is 17.3. The van der Waals surface area contributed by atoms with Gasteiger partial charge in [-0.25, -0.2) is 0 Å². The average molecular weight is 497 g/mol. The Bertz CT molecular complexity index is 1450. The summed E-state index contributed by atoms with van der Waals surface area (Å²) < 4.78 is 2.69. The number of thiophene rings is 1. The minimum atomic E-state index is 0.540. The van der Waals surface area contributed by atoms with E-state index >= 15 is 0 Å². The fraction of sp³-hybridized carbons (Fsp3) is 0.394. The summed E-state index contributed by atoms with van der Waals surface area (Å²) in [5.74, 6) is 2.35.